The van der Waals surface area contributed by atoms with Crippen molar-refractivity contribution in [3.63, 3.8) is 0 Å². The van der Waals surface area contributed by atoms with Crippen LogP contribution in [-0.4, -0.2) is 26.9 Å². The number of pyridine rings is 1. The van der Waals surface area contributed by atoms with E-state index in [0.29, 0.717) is 5.69 Å². The Bertz CT molecular complexity index is 917. The highest BCUT2D eigenvalue weighted by Crippen LogP contribution is 2.10. The van der Waals surface area contributed by atoms with Gasteiger partial charge in [-0.1, -0.05) is 12.1 Å². The molecule has 0 radical (unpaired) electrons. The van der Waals surface area contributed by atoms with Crippen molar-refractivity contribution in [2.45, 2.75) is 6.54 Å². The quantitative estimate of drug-likeness (QED) is 0.673. The van der Waals surface area contributed by atoms with Gasteiger partial charge in [-0.05, 0) is 30.3 Å². The van der Waals surface area contributed by atoms with Gasteiger partial charge in [0.1, 0.15) is 12.4 Å². The molecular weight excluding hydrogens is 313 g/mol. The van der Waals surface area contributed by atoms with Gasteiger partial charge in [-0.2, -0.15) is 5.10 Å². The Kier molecular flexibility index (Phi) is 4.51. The number of hydrogen-bond acceptors (Lipinski definition) is 4. The third-order valence-corrected chi connectivity index (χ3v) is 3.34. The van der Waals surface area contributed by atoms with E-state index >= 15 is 0 Å². The molecular formula is C17H14FN3O3. The van der Waals surface area contributed by atoms with Crippen molar-refractivity contribution in [2.75, 3.05) is 6.61 Å². The van der Waals surface area contributed by atoms with Crippen LogP contribution in [0.15, 0.2) is 65.7 Å². The Morgan fingerprint density at radius 3 is 2.79 bits per heavy atom. The monoisotopic (exact) mass is 327 g/mol. The van der Waals surface area contributed by atoms with E-state index in [1.165, 1.54) is 33.5 Å². The molecule has 0 aliphatic carbocycles. The summed E-state index contributed by atoms with van der Waals surface area (Å²) in [6.07, 6.45) is 3.17. The average molecular weight is 327 g/mol. The molecule has 24 heavy (non-hydrogen) atoms. The van der Waals surface area contributed by atoms with Crippen molar-refractivity contribution in [3.05, 3.63) is 82.8 Å². The summed E-state index contributed by atoms with van der Waals surface area (Å²) in [4.78, 5) is 23.5. The number of hydrogen-bond donors (Lipinski definition) is 0. The van der Waals surface area contributed by atoms with Crippen molar-refractivity contribution >= 4 is 5.97 Å². The molecule has 7 heteroatoms. The maximum absolute atomic E-state index is 13.2. The van der Waals surface area contributed by atoms with E-state index in [0.717, 1.165) is 0 Å². The highest BCUT2D eigenvalue weighted by atomic mass is 19.1. The van der Waals surface area contributed by atoms with Gasteiger partial charge in [-0.25, -0.2) is 13.9 Å². The van der Waals surface area contributed by atoms with Gasteiger partial charge in [0.05, 0.1) is 12.2 Å². The summed E-state index contributed by atoms with van der Waals surface area (Å²) in [5.74, 6) is -0.991. The lowest BCUT2D eigenvalue weighted by Crippen LogP contribution is -2.21. The lowest BCUT2D eigenvalue weighted by atomic mass is 10.3. The molecule has 0 spiro atoms. The lowest BCUT2D eigenvalue weighted by molar-refractivity contribution is 0.0483. The number of ether oxygens (including phenoxy) is 1. The molecule has 0 N–H and O–H groups in total. The standard InChI is InChI=1S/C17H14FN3O3/c18-13-4-3-5-14(12-13)21-9-7-15(19-21)17(23)24-11-10-20-8-2-1-6-16(20)22/h1-9,12H,10-11H2. The van der Waals surface area contributed by atoms with Crippen molar-refractivity contribution in [1.29, 1.82) is 0 Å². The van der Waals surface area contributed by atoms with Gasteiger partial charge in [-0.15, -0.1) is 0 Å². The van der Waals surface area contributed by atoms with Crippen LogP contribution in [-0.2, 0) is 11.3 Å². The van der Waals surface area contributed by atoms with Gasteiger partial charge >= 0.3 is 5.97 Å². The number of rotatable bonds is 5. The highest BCUT2D eigenvalue weighted by molar-refractivity contribution is 5.87. The van der Waals surface area contributed by atoms with E-state index < -0.39 is 5.97 Å². The number of halogens is 1. The third-order valence-electron chi connectivity index (χ3n) is 3.34. The van der Waals surface area contributed by atoms with Crippen LogP contribution in [0.2, 0.25) is 0 Å². The van der Waals surface area contributed by atoms with Crippen LogP contribution in [0.1, 0.15) is 10.5 Å². The van der Waals surface area contributed by atoms with Crippen LogP contribution in [0.25, 0.3) is 5.69 Å². The summed E-state index contributed by atoms with van der Waals surface area (Å²) in [5.41, 5.74) is 0.452. The van der Waals surface area contributed by atoms with Gasteiger partial charge in [0.25, 0.3) is 5.56 Å². The molecule has 0 bridgehead atoms. The smallest absolute Gasteiger partial charge is 0.358 e. The van der Waals surface area contributed by atoms with E-state index in [-0.39, 0.29) is 30.2 Å². The molecule has 1 aromatic carbocycles. The summed E-state index contributed by atoms with van der Waals surface area (Å²) in [5, 5.41) is 4.07. The van der Waals surface area contributed by atoms with Crippen LogP contribution < -0.4 is 5.56 Å². The minimum atomic E-state index is -0.603. The summed E-state index contributed by atoms with van der Waals surface area (Å²) < 4.78 is 21.2. The Labute approximate surface area is 136 Å². The number of benzene rings is 1. The number of nitrogens with zero attached hydrogens (tertiary/aromatic N) is 3. The fourth-order valence-corrected chi connectivity index (χ4v) is 2.15. The number of esters is 1. The summed E-state index contributed by atoms with van der Waals surface area (Å²) >= 11 is 0. The highest BCUT2D eigenvalue weighted by Gasteiger charge is 2.12. The van der Waals surface area contributed by atoms with Crippen LogP contribution >= 0.6 is 0 Å². The molecule has 0 atom stereocenters. The second-order valence-corrected chi connectivity index (χ2v) is 4.99. The predicted octanol–water partition coefficient (Wildman–Crippen LogP) is 2.03. The molecule has 6 nitrogen and oxygen atoms in total. The van der Waals surface area contributed by atoms with E-state index in [1.54, 1.807) is 36.7 Å². The van der Waals surface area contributed by atoms with E-state index in [4.69, 9.17) is 4.74 Å². The Morgan fingerprint density at radius 2 is 2.00 bits per heavy atom. The van der Waals surface area contributed by atoms with Gasteiger partial charge in [0.15, 0.2) is 5.69 Å². The molecule has 0 unspecified atom stereocenters. The largest absolute Gasteiger partial charge is 0.459 e. The maximum Gasteiger partial charge on any atom is 0.358 e. The lowest BCUT2D eigenvalue weighted by Gasteiger charge is -2.05. The first-order chi connectivity index (χ1) is 11.6. The number of carbonyl (C=O) groups is 1. The second-order valence-electron chi connectivity index (χ2n) is 4.99. The van der Waals surface area contributed by atoms with Crippen LogP contribution in [0.3, 0.4) is 0 Å². The molecule has 3 aromatic rings. The molecule has 3 rings (SSSR count). The first kappa shape index (κ1) is 15.7. The molecule has 0 aliphatic heterocycles. The summed E-state index contributed by atoms with van der Waals surface area (Å²) in [7, 11) is 0. The SMILES string of the molecule is O=C(OCCn1ccccc1=O)c1ccn(-c2cccc(F)c2)n1. The molecule has 0 amide bonds. The first-order valence-corrected chi connectivity index (χ1v) is 7.28. The topological polar surface area (TPSA) is 66.1 Å². The summed E-state index contributed by atoms with van der Waals surface area (Å²) in [6, 6.07) is 12.2. The average Bonchev–Trinajstić information content (AvgIpc) is 3.07. The van der Waals surface area contributed by atoms with Gasteiger partial charge < -0.3 is 9.30 Å². The fourth-order valence-electron chi connectivity index (χ4n) is 2.15. The minimum Gasteiger partial charge on any atom is -0.459 e. The summed E-state index contributed by atoms with van der Waals surface area (Å²) in [6.45, 7) is 0.311. The zero-order chi connectivity index (χ0) is 16.9. The third kappa shape index (κ3) is 3.57. The molecule has 122 valence electrons. The zero-order valence-corrected chi connectivity index (χ0v) is 12.6. The van der Waals surface area contributed by atoms with Crippen molar-refractivity contribution in [3.8, 4) is 5.69 Å². The number of carbonyl (C=O) groups excluding carboxylic acids is 1. The molecule has 0 saturated heterocycles. The zero-order valence-electron chi connectivity index (χ0n) is 12.6. The Hall–Kier alpha value is -3.22. The maximum atomic E-state index is 13.2. The normalized spacial score (nSPS) is 10.5. The fraction of sp³-hybridized carbons (Fsp3) is 0.118. The Morgan fingerprint density at radius 1 is 1.12 bits per heavy atom. The van der Waals surface area contributed by atoms with Crippen LogP contribution in [0, 0.1) is 5.82 Å². The first-order valence-electron chi connectivity index (χ1n) is 7.28. The van der Waals surface area contributed by atoms with Gasteiger partial charge in [0.2, 0.25) is 0 Å². The van der Waals surface area contributed by atoms with Crippen LogP contribution in [0.5, 0.6) is 0 Å². The minimum absolute atomic E-state index is 0.0512. The van der Waals surface area contributed by atoms with Gasteiger partial charge in [0, 0.05) is 18.5 Å². The second kappa shape index (κ2) is 6.91. The van der Waals surface area contributed by atoms with E-state index in [2.05, 4.69) is 5.10 Å². The van der Waals surface area contributed by atoms with Crippen molar-refractivity contribution < 1.29 is 13.9 Å². The van der Waals surface area contributed by atoms with Gasteiger partial charge in [-0.3, -0.25) is 4.79 Å². The number of aromatic nitrogens is 3. The van der Waals surface area contributed by atoms with Crippen molar-refractivity contribution in [2.24, 2.45) is 0 Å². The van der Waals surface area contributed by atoms with E-state index in [1.807, 2.05) is 0 Å². The predicted molar refractivity (Wildman–Crippen MR) is 84.5 cm³/mol. The molecule has 0 fully saturated rings. The van der Waals surface area contributed by atoms with Crippen LogP contribution in [0.4, 0.5) is 4.39 Å². The molecule has 2 aromatic heterocycles. The van der Waals surface area contributed by atoms with E-state index in [9.17, 15) is 14.0 Å². The molecule has 2 heterocycles. The molecule has 0 aliphatic rings. The van der Waals surface area contributed by atoms with Crippen molar-refractivity contribution in [1.82, 2.24) is 14.3 Å². The Balaban J connectivity index is 1.62. The molecule has 0 saturated carbocycles.